The smallest absolute Gasteiger partial charge is 0.251 e. The quantitative estimate of drug-likeness (QED) is 0.702. The van der Waals surface area contributed by atoms with Crippen molar-refractivity contribution in [3.05, 3.63) is 34.3 Å². The van der Waals surface area contributed by atoms with E-state index in [4.69, 9.17) is 0 Å². The van der Waals surface area contributed by atoms with E-state index >= 15 is 0 Å². The SMILES string of the molecule is CCCCCCCCNC(=O)c1ccc(Br)cc1. The second-order valence-electron chi connectivity index (χ2n) is 4.53. The Hall–Kier alpha value is -0.830. The summed E-state index contributed by atoms with van der Waals surface area (Å²) in [4.78, 5) is 11.8. The average Bonchev–Trinajstić information content (AvgIpc) is 2.38. The Balaban J connectivity index is 2.12. The number of rotatable bonds is 8. The van der Waals surface area contributed by atoms with Crippen LogP contribution in [0.4, 0.5) is 0 Å². The number of carbonyl (C=O) groups is 1. The van der Waals surface area contributed by atoms with Crippen molar-refractivity contribution in [1.82, 2.24) is 5.32 Å². The van der Waals surface area contributed by atoms with Gasteiger partial charge in [0.15, 0.2) is 0 Å². The molecule has 0 radical (unpaired) electrons. The largest absolute Gasteiger partial charge is 0.352 e. The summed E-state index contributed by atoms with van der Waals surface area (Å²) in [6.45, 7) is 3.00. The van der Waals surface area contributed by atoms with Gasteiger partial charge in [-0.2, -0.15) is 0 Å². The minimum Gasteiger partial charge on any atom is -0.352 e. The molecule has 2 nitrogen and oxygen atoms in total. The summed E-state index contributed by atoms with van der Waals surface area (Å²) in [5.41, 5.74) is 0.726. The maximum absolute atomic E-state index is 11.8. The molecule has 0 saturated heterocycles. The molecule has 1 amide bonds. The monoisotopic (exact) mass is 311 g/mol. The lowest BCUT2D eigenvalue weighted by Gasteiger charge is -2.05. The molecule has 1 N–H and O–H groups in total. The highest BCUT2D eigenvalue weighted by atomic mass is 79.9. The number of hydrogen-bond acceptors (Lipinski definition) is 1. The van der Waals surface area contributed by atoms with Gasteiger partial charge in [0.05, 0.1) is 0 Å². The van der Waals surface area contributed by atoms with Crippen LogP contribution in [0.1, 0.15) is 55.8 Å². The van der Waals surface area contributed by atoms with Crippen molar-refractivity contribution in [2.45, 2.75) is 45.4 Å². The summed E-state index contributed by atoms with van der Waals surface area (Å²) < 4.78 is 0.995. The lowest BCUT2D eigenvalue weighted by molar-refractivity contribution is 0.0953. The van der Waals surface area contributed by atoms with Crippen molar-refractivity contribution in [1.29, 1.82) is 0 Å². The first-order valence-corrected chi connectivity index (χ1v) is 7.57. The molecular formula is C15H22BrNO. The van der Waals surface area contributed by atoms with Gasteiger partial charge < -0.3 is 5.32 Å². The van der Waals surface area contributed by atoms with E-state index in [1.807, 2.05) is 24.3 Å². The van der Waals surface area contributed by atoms with Crippen LogP contribution in [-0.4, -0.2) is 12.5 Å². The summed E-state index contributed by atoms with van der Waals surface area (Å²) in [5.74, 6) is 0.0241. The number of amides is 1. The lowest BCUT2D eigenvalue weighted by atomic mass is 10.1. The second kappa shape index (κ2) is 9.15. The zero-order chi connectivity index (χ0) is 13.2. The molecule has 0 heterocycles. The number of nitrogens with one attached hydrogen (secondary N) is 1. The zero-order valence-corrected chi connectivity index (χ0v) is 12.6. The van der Waals surface area contributed by atoms with Gasteiger partial charge in [-0.3, -0.25) is 4.79 Å². The van der Waals surface area contributed by atoms with Crippen molar-refractivity contribution >= 4 is 21.8 Å². The van der Waals surface area contributed by atoms with E-state index in [9.17, 15) is 4.79 Å². The maximum Gasteiger partial charge on any atom is 0.251 e. The predicted octanol–water partition coefficient (Wildman–Crippen LogP) is 4.54. The highest BCUT2D eigenvalue weighted by molar-refractivity contribution is 9.10. The molecule has 0 atom stereocenters. The summed E-state index contributed by atoms with van der Waals surface area (Å²) in [5, 5.41) is 2.96. The molecule has 0 fully saturated rings. The zero-order valence-electron chi connectivity index (χ0n) is 11.0. The third-order valence-electron chi connectivity index (χ3n) is 2.92. The molecule has 1 rings (SSSR count). The Morgan fingerprint density at radius 1 is 1.06 bits per heavy atom. The van der Waals surface area contributed by atoms with E-state index in [2.05, 4.69) is 28.2 Å². The van der Waals surface area contributed by atoms with Crippen molar-refractivity contribution in [3.8, 4) is 0 Å². The van der Waals surface area contributed by atoms with Crippen LogP contribution in [0.25, 0.3) is 0 Å². The molecule has 0 aliphatic rings. The summed E-state index contributed by atoms with van der Waals surface area (Å²) >= 11 is 3.36. The molecule has 1 aromatic carbocycles. The summed E-state index contributed by atoms with van der Waals surface area (Å²) in [6.07, 6.45) is 7.48. The second-order valence-corrected chi connectivity index (χ2v) is 5.45. The maximum atomic E-state index is 11.8. The van der Waals surface area contributed by atoms with E-state index < -0.39 is 0 Å². The summed E-state index contributed by atoms with van der Waals surface area (Å²) in [7, 11) is 0. The molecule has 0 bridgehead atoms. The fraction of sp³-hybridized carbons (Fsp3) is 0.533. The molecule has 18 heavy (non-hydrogen) atoms. The third-order valence-corrected chi connectivity index (χ3v) is 3.45. The minimum atomic E-state index is 0.0241. The van der Waals surface area contributed by atoms with Crippen LogP contribution >= 0.6 is 15.9 Å². The number of unbranched alkanes of at least 4 members (excludes halogenated alkanes) is 5. The number of carbonyl (C=O) groups excluding carboxylic acids is 1. The molecule has 0 saturated carbocycles. The Bertz CT molecular complexity index is 348. The van der Waals surface area contributed by atoms with Gasteiger partial charge in [-0.15, -0.1) is 0 Å². The van der Waals surface area contributed by atoms with Crippen LogP contribution in [0.15, 0.2) is 28.7 Å². The predicted molar refractivity (Wildman–Crippen MR) is 79.9 cm³/mol. The highest BCUT2D eigenvalue weighted by Gasteiger charge is 2.03. The summed E-state index contributed by atoms with van der Waals surface area (Å²) in [6, 6.07) is 7.45. The van der Waals surface area contributed by atoms with Crippen LogP contribution in [0.5, 0.6) is 0 Å². The normalized spacial score (nSPS) is 10.3. The van der Waals surface area contributed by atoms with Gasteiger partial charge in [0.25, 0.3) is 5.91 Å². The highest BCUT2D eigenvalue weighted by Crippen LogP contribution is 2.10. The van der Waals surface area contributed by atoms with Gasteiger partial charge in [0.2, 0.25) is 0 Å². The van der Waals surface area contributed by atoms with Gasteiger partial charge >= 0.3 is 0 Å². The first kappa shape index (κ1) is 15.2. The first-order chi connectivity index (χ1) is 8.74. The van der Waals surface area contributed by atoms with Gasteiger partial charge in [-0.1, -0.05) is 55.0 Å². The molecule has 0 aromatic heterocycles. The molecule has 0 spiro atoms. The van der Waals surface area contributed by atoms with Crippen LogP contribution in [0.2, 0.25) is 0 Å². The van der Waals surface area contributed by atoms with Gasteiger partial charge in [-0.25, -0.2) is 0 Å². The van der Waals surface area contributed by atoms with Gasteiger partial charge in [0.1, 0.15) is 0 Å². The molecule has 0 unspecified atom stereocenters. The fourth-order valence-corrected chi connectivity index (χ4v) is 2.07. The Morgan fingerprint density at radius 2 is 1.67 bits per heavy atom. The van der Waals surface area contributed by atoms with Crippen molar-refractivity contribution in [2.24, 2.45) is 0 Å². The van der Waals surface area contributed by atoms with Crippen LogP contribution < -0.4 is 5.32 Å². The fourth-order valence-electron chi connectivity index (χ4n) is 1.81. The van der Waals surface area contributed by atoms with Crippen LogP contribution in [-0.2, 0) is 0 Å². The van der Waals surface area contributed by atoms with E-state index in [1.54, 1.807) is 0 Å². The Labute approximate surface area is 118 Å². The van der Waals surface area contributed by atoms with Crippen molar-refractivity contribution in [3.63, 3.8) is 0 Å². The van der Waals surface area contributed by atoms with E-state index in [0.29, 0.717) is 0 Å². The Kier molecular flexibility index (Phi) is 7.74. The Morgan fingerprint density at radius 3 is 2.33 bits per heavy atom. The van der Waals surface area contributed by atoms with E-state index in [1.165, 1.54) is 32.1 Å². The first-order valence-electron chi connectivity index (χ1n) is 6.78. The molecule has 0 aliphatic carbocycles. The standard InChI is InChI=1S/C15H22BrNO/c1-2-3-4-5-6-7-12-17-15(18)13-8-10-14(16)11-9-13/h8-11H,2-7,12H2,1H3,(H,17,18). The average molecular weight is 312 g/mol. The third kappa shape index (κ3) is 6.20. The van der Waals surface area contributed by atoms with Gasteiger partial charge in [-0.05, 0) is 30.7 Å². The van der Waals surface area contributed by atoms with Crippen LogP contribution in [0, 0.1) is 0 Å². The molecular weight excluding hydrogens is 290 g/mol. The van der Waals surface area contributed by atoms with E-state index in [-0.39, 0.29) is 5.91 Å². The van der Waals surface area contributed by atoms with Crippen molar-refractivity contribution in [2.75, 3.05) is 6.54 Å². The van der Waals surface area contributed by atoms with Crippen molar-refractivity contribution < 1.29 is 4.79 Å². The molecule has 100 valence electrons. The van der Waals surface area contributed by atoms with E-state index in [0.717, 1.165) is 23.0 Å². The lowest BCUT2D eigenvalue weighted by Crippen LogP contribution is -2.24. The molecule has 0 aliphatic heterocycles. The number of benzene rings is 1. The van der Waals surface area contributed by atoms with Crippen LogP contribution in [0.3, 0.4) is 0 Å². The molecule has 3 heteroatoms. The topological polar surface area (TPSA) is 29.1 Å². The number of hydrogen-bond donors (Lipinski definition) is 1. The molecule has 1 aromatic rings. The van der Waals surface area contributed by atoms with Gasteiger partial charge in [0, 0.05) is 16.6 Å². The number of halogens is 1. The minimum absolute atomic E-state index is 0.0241.